The number of thiophene rings is 1. The van der Waals surface area contributed by atoms with E-state index in [2.05, 4.69) is 26.5 Å². The average molecular weight is 698 g/mol. The van der Waals surface area contributed by atoms with Crippen LogP contribution in [0.5, 0.6) is 0 Å². The van der Waals surface area contributed by atoms with Crippen molar-refractivity contribution < 1.29 is 19.2 Å². The second-order valence-electron chi connectivity index (χ2n) is 12.7. The van der Waals surface area contributed by atoms with E-state index in [1.165, 1.54) is 4.90 Å². The van der Waals surface area contributed by atoms with Gasteiger partial charge < -0.3 is 15.2 Å². The van der Waals surface area contributed by atoms with E-state index in [0.29, 0.717) is 11.1 Å². The number of likely N-dealkylation sites (N-methyl/N-ethyl adjacent to an activating group) is 1. The van der Waals surface area contributed by atoms with Crippen molar-refractivity contribution in [3.63, 3.8) is 0 Å². The molecule has 0 fully saturated rings. The van der Waals surface area contributed by atoms with Gasteiger partial charge in [0.1, 0.15) is 12.1 Å². The largest absolute Gasteiger partial charge is 0.361 e. The maximum Gasteiger partial charge on any atom is 0.269 e. The second-order valence-corrected chi connectivity index (χ2v) is 13.4. The molecular formula is C41H39N5O4S. The fraction of sp³-hybridized carbons (Fsp3) is 0.171. The van der Waals surface area contributed by atoms with E-state index >= 15 is 0 Å². The number of aromatic amines is 1. The standard InChI is InChI=1S/C41H39N5O4S/c1-26-19-27(2)21-32(20-26)41(50)46(3)37(22-28-13-15-29(16-14-28)31-17-18-51-25-31)40(49)43-36(23-33-24-42-35-12-8-7-11-34(33)35)39(48)45-44-38(47)30-9-5-4-6-10-30/h4-21,24-25,36-37,42H,22-23H2,1-3H3,(H,43,49)(H,44,47)(H,45,48)/t36-,37+/m0/s1. The van der Waals surface area contributed by atoms with Gasteiger partial charge in [0, 0.05) is 48.1 Å². The molecule has 51 heavy (non-hydrogen) atoms. The predicted octanol–water partition coefficient (Wildman–Crippen LogP) is 6.39. The van der Waals surface area contributed by atoms with Gasteiger partial charge in [-0.05, 0) is 83.3 Å². The number of hydrazine groups is 1. The molecule has 9 nitrogen and oxygen atoms in total. The molecule has 4 aromatic carbocycles. The van der Waals surface area contributed by atoms with Gasteiger partial charge in [-0.2, -0.15) is 11.3 Å². The summed E-state index contributed by atoms with van der Waals surface area (Å²) < 4.78 is 0. The van der Waals surface area contributed by atoms with E-state index in [9.17, 15) is 19.2 Å². The van der Waals surface area contributed by atoms with Crippen molar-refractivity contribution in [2.75, 3.05) is 7.05 Å². The van der Waals surface area contributed by atoms with Crippen LogP contribution in [0.3, 0.4) is 0 Å². The number of benzene rings is 4. The molecule has 0 aliphatic heterocycles. The first-order chi connectivity index (χ1) is 24.7. The van der Waals surface area contributed by atoms with Crippen LogP contribution in [-0.4, -0.2) is 52.6 Å². The topological polar surface area (TPSA) is 123 Å². The summed E-state index contributed by atoms with van der Waals surface area (Å²) in [7, 11) is 1.61. The lowest BCUT2D eigenvalue weighted by Gasteiger charge is -2.30. The molecule has 0 radical (unpaired) electrons. The quantitative estimate of drug-likeness (QED) is 0.117. The molecule has 0 unspecified atom stereocenters. The molecule has 4 amide bonds. The van der Waals surface area contributed by atoms with E-state index < -0.39 is 29.8 Å². The number of carbonyl (C=O) groups is 4. The van der Waals surface area contributed by atoms with Crippen LogP contribution in [0, 0.1) is 13.8 Å². The number of hydrogen-bond acceptors (Lipinski definition) is 5. The number of para-hydroxylation sites is 1. The molecule has 6 aromatic rings. The second kappa shape index (κ2) is 15.7. The first-order valence-corrected chi connectivity index (χ1v) is 17.6. The lowest BCUT2D eigenvalue weighted by Crippen LogP contribution is -2.57. The summed E-state index contributed by atoms with van der Waals surface area (Å²) in [6, 6.07) is 29.7. The highest BCUT2D eigenvalue weighted by atomic mass is 32.1. The zero-order valence-corrected chi connectivity index (χ0v) is 29.4. The minimum absolute atomic E-state index is 0.125. The number of nitrogens with zero attached hydrogens (tertiary/aromatic N) is 1. The molecule has 0 saturated carbocycles. The van der Waals surface area contributed by atoms with Crippen LogP contribution >= 0.6 is 11.3 Å². The van der Waals surface area contributed by atoms with Crippen molar-refractivity contribution in [2.45, 2.75) is 38.8 Å². The Hall–Kier alpha value is -6.00. The summed E-state index contributed by atoms with van der Waals surface area (Å²) >= 11 is 1.62. The van der Waals surface area contributed by atoms with Crippen LogP contribution in [0.25, 0.3) is 22.0 Å². The van der Waals surface area contributed by atoms with Gasteiger partial charge in [0.25, 0.3) is 17.7 Å². The molecule has 258 valence electrons. The summed E-state index contributed by atoms with van der Waals surface area (Å²) in [5.74, 6) is -1.93. The van der Waals surface area contributed by atoms with Crippen molar-refractivity contribution >= 4 is 45.9 Å². The number of H-pyrrole nitrogens is 1. The third kappa shape index (κ3) is 8.42. The fourth-order valence-corrected chi connectivity index (χ4v) is 6.86. The highest BCUT2D eigenvalue weighted by molar-refractivity contribution is 7.08. The molecule has 0 bridgehead atoms. The minimum atomic E-state index is -1.10. The minimum Gasteiger partial charge on any atom is -0.361 e. The van der Waals surface area contributed by atoms with Crippen LogP contribution in [0.4, 0.5) is 0 Å². The number of hydrogen-bond donors (Lipinski definition) is 4. The maximum atomic E-state index is 14.4. The molecule has 0 aliphatic rings. The number of carbonyl (C=O) groups excluding carboxylic acids is 4. The highest BCUT2D eigenvalue weighted by Crippen LogP contribution is 2.24. The molecule has 6 rings (SSSR count). The molecule has 0 saturated heterocycles. The summed E-state index contributed by atoms with van der Waals surface area (Å²) in [4.78, 5) is 59.6. The Morgan fingerprint density at radius 2 is 1.45 bits per heavy atom. The number of rotatable bonds is 11. The van der Waals surface area contributed by atoms with E-state index in [4.69, 9.17) is 0 Å². The molecule has 0 spiro atoms. The van der Waals surface area contributed by atoms with E-state index in [-0.39, 0.29) is 18.7 Å². The first kappa shape index (κ1) is 34.8. The van der Waals surface area contributed by atoms with Gasteiger partial charge in [-0.25, -0.2) is 0 Å². The fourth-order valence-electron chi connectivity index (χ4n) is 6.20. The SMILES string of the molecule is Cc1cc(C)cc(C(=O)N(C)[C@H](Cc2ccc(-c3ccsc3)cc2)C(=O)N[C@@H](Cc2c[nH]c3ccccc23)C(=O)NNC(=O)c2ccccc2)c1. The number of amides is 4. The molecule has 2 aromatic heterocycles. The molecule has 4 N–H and O–H groups in total. The van der Waals surface area contributed by atoms with Crippen LogP contribution in [0.1, 0.15) is 43.0 Å². The van der Waals surface area contributed by atoms with Gasteiger partial charge in [0.2, 0.25) is 5.91 Å². The van der Waals surface area contributed by atoms with Crippen molar-refractivity contribution in [3.8, 4) is 11.1 Å². The van der Waals surface area contributed by atoms with Crippen molar-refractivity contribution in [2.24, 2.45) is 0 Å². The normalized spacial score (nSPS) is 12.1. The number of nitrogens with one attached hydrogen (secondary N) is 4. The zero-order valence-electron chi connectivity index (χ0n) is 28.6. The van der Waals surface area contributed by atoms with Crippen LogP contribution in [0.15, 0.2) is 120 Å². The van der Waals surface area contributed by atoms with Gasteiger partial charge in [-0.3, -0.25) is 30.0 Å². The third-order valence-corrected chi connectivity index (χ3v) is 9.55. The number of aromatic nitrogens is 1. The van der Waals surface area contributed by atoms with E-state index in [1.54, 1.807) is 60.8 Å². The molecule has 10 heteroatoms. The average Bonchev–Trinajstić information content (AvgIpc) is 3.83. The Morgan fingerprint density at radius 3 is 2.16 bits per heavy atom. The smallest absolute Gasteiger partial charge is 0.269 e. The Bertz CT molecular complexity index is 2140. The van der Waals surface area contributed by atoms with Crippen molar-refractivity contribution in [1.29, 1.82) is 0 Å². The lowest BCUT2D eigenvalue weighted by atomic mass is 9.99. The van der Waals surface area contributed by atoms with Gasteiger partial charge in [0.05, 0.1) is 0 Å². The van der Waals surface area contributed by atoms with E-state index in [1.807, 2.05) is 86.1 Å². The van der Waals surface area contributed by atoms with Gasteiger partial charge in [0.15, 0.2) is 0 Å². The number of aryl methyl sites for hydroxylation is 2. The molecule has 2 atom stereocenters. The van der Waals surface area contributed by atoms with Crippen molar-refractivity contribution in [3.05, 3.63) is 153 Å². The van der Waals surface area contributed by atoms with Crippen molar-refractivity contribution in [1.82, 2.24) is 26.1 Å². The van der Waals surface area contributed by atoms with Gasteiger partial charge >= 0.3 is 0 Å². The summed E-state index contributed by atoms with van der Waals surface area (Å²) in [5, 5.41) is 7.94. The monoisotopic (exact) mass is 697 g/mol. The van der Waals surface area contributed by atoms with Gasteiger partial charge in [-0.1, -0.05) is 77.9 Å². The lowest BCUT2D eigenvalue weighted by molar-refractivity contribution is -0.131. The Balaban J connectivity index is 1.29. The van der Waals surface area contributed by atoms with Crippen LogP contribution < -0.4 is 16.2 Å². The van der Waals surface area contributed by atoms with Crippen LogP contribution in [-0.2, 0) is 22.4 Å². The van der Waals surface area contributed by atoms with E-state index in [0.717, 1.165) is 44.3 Å². The maximum absolute atomic E-state index is 14.4. The third-order valence-electron chi connectivity index (χ3n) is 8.86. The Morgan fingerprint density at radius 1 is 0.745 bits per heavy atom. The van der Waals surface area contributed by atoms with Crippen LogP contribution in [0.2, 0.25) is 0 Å². The molecular weight excluding hydrogens is 659 g/mol. The van der Waals surface area contributed by atoms with Gasteiger partial charge in [-0.15, -0.1) is 0 Å². The number of fused-ring (bicyclic) bond motifs is 1. The zero-order chi connectivity index (χ0) is 35.9. The summed E-state index contributed by atoms with van der Waals surface area (Å²) in [5.41, 5.74) is 12.4. The first-order valence-electron chi connectivity index (χ1n) is 16.6. The summed E-state index contributed by atoms with van der Waals surface area (Å²) in [6.07, 6.45) is 2.14. The Kier molecular flexibility index (Phi) is 10.7. The molecule has 0 aliphatic carbocycles. The highest BCUT2D eigenvalue weighted by Gasteiger charge is 2.32. The summed E-state index contributed by atoms with van der Waals surface area (Å²) in [6.45, 7) is 3.85. The Labute approximate surface area is 300 Å². The predicted molar refractivity (Wildman–Crippen MR) is 201 cm³/mol. The molecule has 2 heterocycles.